The van der Waals surface area contributed by atoms with Crippen molar-refractivity contribution < 1.29 is 28.1 Å². The number of thioether (sulfide) groups is 1. The smallest absolute Gasteiger partial charge is 0.194 e. The van der Waals surface area contributed by atoms with Crippen LogP contribution in [-0.4, -0.2) is 58.8 Å². The molecule has 1 fully saturated rings. The van der Waals surface area contributed by atoms with E-state index in [0.29, 0.717) is 5.82 Å². The van der Waals surface area contributed by atoms with E-state index in [1.807, 2.05) is 22.4 Å². The minimum absolute atomic E-state index is 0.00558. The number of benzene rings is 2. The Kier molecular flexibility index (Phi) is 6.23. The van der Waals surface area contributed by atoms with Gasteiger partial charge in [-0.15, -0.1) is 15.3 Å². The fourth-order valence-corrected chi connectivity index (χ4v) is 5.87. The Morgan fingerprint density at radius 2 is 1.84 bits per heavy atom. The first-order chi connectivity index (χ1) is 17.9. The third-order valence-electron chi connectivity index (χ3n) is 6.72. The first-order valence-corrected chi connectivity index (χ1v) is 12.7. The highest BCUT2D eigenvalue weighted by Crippen LogP contribution is 2.38. The van der Waals surface area contributed by atoms with Crippen molar-refractivity contribution >= 4 is 11.8 Å². The zero-order valence-electron chi connectivity index (χ0n) is 19.2. The van der Waals surface area contributed by atoms with Gasteiger partial charge in [-0.2, -0.15) is 11.8 Å². The van der Waals surface area contributed by atoms with Crippen LogP contribution in [0.3, 0.4) is 0 Å². The lowest BCUT2D eigenvalue weighted by atomic mass is 9.95. The highest BCUT2D eigenvalue weighted by atomic mass is 32.2. The number of hydrogen-bond acceptors (Lipinski definition) is 8. The number of aliphatic hydroxyl groups excluding tert-OH is 2. The Hall–Kier alpha value is -3.26. The second-order valence-electron chi connectivity index (χ2n) is 8.98. The Morgan fingerprint density at radius 3 is 2.62 bits per heavy atom. The summed E-state index contributed by atoms with van der Waals surface area (Å²) in [6.07, 6.45) is 0.404. The van der Waals surface area contributed by atoms with E-state index in [1.54, 1.807) is 6.33 Å². The maximum Gasteiger partial charge on any atom is 0.194 e. The first-order valence-electron chi connectivity index (χ1n) is 11.5. The van der Waals surface area contributed by atoms with E-state index in [2.05, 4.69) is 32.6 Å². The standard InChI is InChI=1S/C24H21F3N6O3S/c25-16-4-13(5-17(26)22(16)27)18-7-33(31-29-18)19-6-20(36-21(8-34)23(19)35)24-30-28-11-32(24)15-2-1-12-9-37-10-14(12)3-15/h1-5,7,11,19-21,23,34-35H,6,8-10H2. The molecular formula is C24H21F3N6O3S. The van der Waals surface area contributed by atoms with Gasteiger partial charge in [0.2, 0.25) is 0 Å². The Balaban J connectivity index is 1.31. The fraction of sp³-hybridized carbons (Fsp3) is 0.333. The van der Waals surface area contributed by atoms with Crippen LogP contribution in [0.5, 0.6) is 0 Å². The van der Waals surface area contributed by atoms with Crippen molar-refractivity contribution in [3.63, 3.8) is 0 Å². The number of halogens is 3. The molecule has 4 aromatic rings. The molecule has 0 spiro atoms. The van der Waals surface area contributed by atoms with E-state index in [0.717, 1.165) is 29.3 Å². The molecule has 2 aliphatic heterocycles. The summed E-state index contributed by atoms with van der Waals surface area (Å²) < 4.78 is 50.0. The number of fused-ring (bicyclic) bond motifs is 1. The minimum atomic E-state index is -1.57. The van der Waals surface area contributed by atoms with Crippen LogP contribution < -0.4 is 0 Å². The largest absolute Gasteiger partial charge is 0.394 e. The molecule has 0 amide bonds. The van der Waals surface area contributed by atoms with Gasteiger partial charge in [-0.25, -0.2) is 17.9 Å². The van der Waals surface area contributed by atoms with Crippen molar-refractivity contribution in [3.05, 3.63) is 77.3 Å². The Labute approximate surface area is 212 Å². The summed E-state index contributed by atoms with van der Waals surface area (Å²) >= 11 is 1.85. The molecule has 2 aromatic heterocycles. The van der Waals surface area contributed by atoms with E-state index in [-0.39, 0.29) is 17.7 Å². The topological polar surface area (TPSA) is 111 Å². The molecule has 1 saturated heterocycles. The maximum atomic E-state index is 13.7. The summed E-state index contributed by atoms with van der Waals surface area (Å²) in [5.74, 6) is -1.87. The number of nitrogens with zero attached hydrogens (tertiary/aromatic N) is 6. The third kappa shape index (κ3) is 4.31. The number of aromatic nitrogens is 6. The minimum Gasteiger partial charge on any atom is -0.394 e. The predicted octanol–water partition coefficient (Wildman–Crippen LogP) is 3.11. The molecule has 0 bridgehead atoms. The Morgan fingerprint density at radius 1 is 1.05 bits per heavy atom. The molecule has 13 heteroatoms. The van der Waals surface area contributed by atoms with Gasteiger partial charge >= 0.3 is 0 Å². The summed E-state index contributed by atoms with van der Waals surface area (Å²) in [7, 11) is 0. The monoisotopic (exact) mass is 530 g/mol. The van der Waals surface area contributed by atoms with Gasteiger partial charge < -0.3 is 14.9 Å². The van der Waals surface area contributed by atoms with Crippen LogP contribution in [0.1, 0.15) is 35.5 Å². The zero-order valence-corrected chi connectivity index (χ0v) is 20.0. The normalized spacial score (nSPS) is 23.4. The quantitative estimate of drug-likeness (QED) is 0.379. The van der Waals surface area contributed by atoms with E-state index >= 15 is 0 Å². The van der Waals surface area contributed by atoms with Crippen LogP contribution in [0.25, 0.3) is 16.9 Å². The second kappa shape index (κ2) is 9.56. The highest BCUT2D eigenvalue weighted by Gasteiger charge is 2.41. The van der Waals surface area contributed by atoms with Gasteiger partial charge in [0.05, 0.1) is 18.8 Å². The molecule has 0 radical (unpaired) electrons. The van der Waals surface area contributed by atoms with E-state index < -0.39 is 48.4 Å². The van der Waals surface area contributed by atoms with Crippen molar-refractivity contribution in [3.8, 4) is 16.9 Å². The predicted molar refractivity (Wildman–Crippen MR) is 126 cm³/mol. The molecule has 2 aliphatic rings. The average molecular weight is 531 g/mol. The average Bonchev–Trinajstić information content (AvgIpc) is 3.67. The van der Waals surface area contributed by atoms with Crippen LogP contribution in [0.4, 0.5) is 13.2 Å². The molecule has 2 aromatic carbocycles. The summed E-state index contributed by atoms with van der Waals surface area (Å²) in [5.41, 5.74) is 3.50. The molecule has 9 nitrogen and oxygen atoms in total. The van der Waals surface area contributed by atoms with E-state index in [4.69, 9.17) is 4.74 Å². The number of aliphatic hydroxyl groups is 2. The van der Waals surface area contributed by atoms with E-state index in [9.17, 15) is 23.4 Å². The highest BCUT2D eigenvalue weighted by molar-refractivity contribution is 7.98. The van der Waals surface area contributed by atoms with Gasteiger partial charge in [0.25, 0.3) is 0 Å². The number of rotatable bonds is 5. The third-order valence-corrected chi connectivity index (χ3v) is 7.75. The molecule has 0 aliphatic carbocycles. The molecule has 2 N–H and O–H groups in total. The van der Waals surface area contributed by atoms with Crippen molar-refractivity contribution in [2.75, 3.05) is 6.61 Å². The number of hydrogen-bond donors (Lipinski definition) is 2. The van der Waals surface area contributed by atoms with Crippen LogP contribution in [-0.2, 0) is 16.2 Å². The van der Waals surface area contributed by atoms with Crippen LogP contribution in [0, 0.1) is 17.5 Å². The summed E-state index contributed by atoms with van der Waals surface area (Å²) in [4.78, 5) is 0. The van der Waals surface area contributed by atoms with Gasteiger partial charge in [0.15, 0.2) is 23.3 Å². The van der Waals surface area contributed by atoms with Crippen molar-refractivity contribution in [1.29, 1.82) is 0 Å². The molecular weight excluding hydrogens is 509 g/mol. The van der Waals surface area contributed by atoms with Crippen molar-refractivity contribution in [2.45, 2.75) is 42.3 Å². The lowest BCUT2D eigenvalue weighted by molar-refractivity contribution is -0.161. The molecule has 4 atom stereocenters. The van der Waals surface area contributed by atoms with E-state index in [1.165, 1.54) is 22.0 Å². The van der Waals surface area contributed by atoms with Gasteiger partial charge in [-0.3, -0.25) is 4.57 Å². The molecule has 0 saturated carbocycles. The fourth-order valence-electron chi connectivity index (χ4n) is 4.78. The molecule has 192 valence electrons. The zero-order chi connectivity index (χ0) is 25.7. The van der Waals surface area contributed by atoms with Crippen LogP contribution >= 0.6 is 11.8 Å². The van der Waals surface area contributed by atoms with Crippen molar-refractivity contribution in [2.24, 2.45) is 0 Å². The molecule has 4 heterocycles. The lowest BCUT2D eigenvalue weighted by Crippen LogP contribution is -2.45. The van der Waals surface area contributed by atoms with Crippen LogP contribution in [0.2, 0.25) is 0 Å². The maximum absolute atomic E-state index is 13.7. The molecule has 6 rings (SSSR count). The SMILES string of the molecule is OCC1OC(c2nncn2-c2ccc3c(c2)CSC3)CC(n2cc(-c3cc(F)c(F)c(F)c3)nn2)C1O. The van der Waals surface area contributed by atoms with Gasteiger partial charge in [-0.05, 0) is 35.4 Å². The summed E-state index contributed by atoms with van der Waals surface area (Å²) in [6.45, 7) is -0.464. The second-order valence-corrected chi connectivity index (χ2v) is 9.97. The molecule has 4 unspecified atom stereocenters. The Bertz CT molecular complexity index is 1440. The summed E-state index contributed by atoms with van der Waals surface area (Å²) in [5, 5.41) is 37.1. The lowest BCUT2D eigenvalue weighted by Gasteiger charge is -2.38. The van der Waals surface area contributed by atoms with Crippen LogP contribution in [0.15, 0.2) is 42.9 Å². The van der Waals surface area contributed by atoms with Gasteiger partial charge in [-0.1, -0.05) is 11.3 Å². The first kappa shape index (κ1) is 24.1. The van der Waals surface area contributed by atoms with Gasteiger partial charge in [0, 0.05) is 29.2 Å². The number of ether oxygens (including phenoxy) is 1. The van der Waals surface area contributed by atoms with Gasteiger partial charge in [0.1, 0.15) is 30.3 Å². The molecule has 37 heavy (non-hydrogen) atoms. The van der Waals surface area contributed by atoms with Crippen molar-refractivity contribution in [1.82, 2.24) is 29.8 Å². The summed E-state index contributed by atoms with van der Waals surface area (Å²) in [6, 6.07) is 7.09.